The van der Waals surface area contributed by atoms with Crippen molar-refractivity contribution in [3.8, 4) is 6.07 Å². The van der Waals surface area contributed by atoms with Crippen LogP contribution in [0, 0.1) is 24.2 Å². The molecule has 0 amide bonds. The highest BCUT2D eigenvalue weighted by molar-refractivity contribution is 5.98. The Bertz CT molecular complexity index is 564. The van der Waals surface area contributed by atoms with E-state index < -0.39 is 0 Å². The van der Waals surface area contributed by atoms with Crippen molar-refractivity contribution in [1.82, 2.24) is 5.32 Å². The molecule has 0 spiro atoms. The van der Waals surface area contributed by atoms with Gasteiger partial charge in [0.25, 0.3) is 0 Å². The molecule has 2 aliphatic rings. The Hall–Kier alpha value is -1.70. The molecule has 2 heterocycles. The number of fused-ring (bicyclic) bond motifs is 2. The SMILES string of the molecule is Cc1ccc(C(=O)C2CC3COCC(C2)N3)cc1C#N. The minimum absolute atomic E-state index is 0.0457. The molecule has 2 saturated heterocycles. The van der Waals surface area contributed by atoms with Crippen molar-refractivity contribution in [3.05, 3.63) is 34.9 Å². The lowest BCUT2D eigenvalue weighted by Gasteiger charge is -2.39. The summed E-state index contributed by atoms with van der Waals surface area (Å²) in [7, 11) is 0. The van der Waals surface area contributed by atoms with Crippen LogP contribution in [-0.4, -0.2) is 31.1 Å². The van der Waals surface area contributed by atoms with Crippen LogP contribution in [0.3, 0.4) is 0 Å². The van der Waals surface area contributed by atoms with Gasteiger partial charge in [0.2, 0.25) is 0 Å². The maximum absolute atomic E-state index is 12.6. The first-order chi connectivity index (χ1) is 9.67. The van der Waals surface area contributed by atoms with Gasteiger partial charge in [0.15, 0.2) is 5.78 Å². The number of ether oxygens (including phenoxy) is 1. The molecule has 1 N–H and O–H groups in total. The summed E-state index contributed by atoms with van der Waals surface area (Å²) in [6.45, 7) is 3.27. The summed E-state index contributed by atoms with van der Waals surface area (Å²) >= 11 is 0. The van der Waals surface area contributed by atoms with Crippen molar-refractivity contribution in [2.24, 2.45) is 5.92 Å². The molecular formula is C16H18N2O2. The number of ketones is 1. The molecule has 0 radical (unpaired) electrons. The summed E-state index contributed by atoms with van der Waals surface area (Å²) in [6.07, 6.45) is 1.65. The van der Waals surface area contributed by atoms with Gasteiger partial charge in [-0.05, 0) is 31.4 Å². The summed E-state index contributed by atoms with van der Waals surface area (Å²) in [5.41, 5.74) is 2.17. The largest absolute Gasteiger partial charge is 0.378 e. The molecule has 3 rings (SSSR count). The average Bonchev–Trinajstić information content (AvgIpc) is 2.46. The molecular weight excluding hydrogens is 252 g/mol. The van der Waals surface area contributed by atoms with Crippen LogP contribution in [0.5, 0.6) is 0 Å². The van der Waals surface area contributed by atoms with E-state index in [1.54, 1.807) is 6.07 Å². The highest BCUT2D eigenvalue weighted by atomic mass is 16.5. The molecule has 2 fully saturated rings. The molecule has 0 aliphatic carbocycles. The monoisotopic (exact) mass is 270 g/mol. The molecule has 104 valence electrons. The van der Waals surface area contributed by atoms with Gasteiger partial charge in [0.05, 0.1) is 24.8 Å². The standard InChI is InChI=1S/C16H18N2O2/c1-10-2-3-11(4-13(10)7-17)16(19)12-5-14-8-20-9-15(6-12)18-14/h2-4,12,14-15,18H,5-6,8-9H2,1H3. The van der Waals surface area contributed by atoms with Crippen LogP contribution in [0.15, 0.2) is 18.2 Å². The van der Waals surface area contributed by atoms with Gasteiger partial charge in [0, 0.05) is 23.6 Å². The Labute approximate surface area is 118 Å². The Balaban J connectivity index is 1.80. The number of nitriles is 1. The van der Waals surface area contributed by atoms with Crippen LogP contribution in [0.2, 0.25) is 0 Å². The Morgan fingerprint density at radius 1 is 1.35 bits per heavy atom. The van der Waals surface area contributed by atoms with Gasteiger partial charge in [-0.1, -0.05) is 12.1 Å². The van der Waals surface area contributed by atoms with E-state index in [2.05, 4.69) is 11.4 Å². The number of nitrogens with zero attached hydrogens (tertiary/aromatic N) is 1. The number of hydrogen-bond donors (Lipinski definition) is 1. The van der Waals surface area contributed by atoms with Crippen LogP contribution in [0.1, 0.15) is 34.3 Å². The first-order valence-electron chi connectivity index (χ1n) is 7.06. The fourth-order valence-electron chi connectivity index (χ4n) is 3.18. The zero-order valence-electron chi connectivity index (χ0n) is 11.6. The molecule has 1 aromatic rings. The van der Waals surface area contributed by atoms with E-state index in [1.165, 1.54) is 0 Å². The van der Waals surface area contributed by atoms with Gasteiger partial charge in [-0.3, -0.25) is 4.79 Å². The molecule has 2 unspecified atom stereocenters. The molecule has 4 nitrogen and oxygen atoms in total. The summed E-state index contributed by atoms with van der Waals surface area (Å²) in [6, 6.07) is 8.15. The van der Waals surface area contributed by atoms with Crippen LogP contribution >= 0.6 is 0 Å². The second-order valence-electron chi connectivity index (χ2n) is 5.77. The third-order valence-corrected chi connectivity index (χ3v) is 4.26. The van der Waals surface area contributed by atoms with Crippen molar-refractivity contribution in [2.75, 3.05) is 13.2 Å². The minimum Gasteiger partial charge on any atom is -0.378 e. The van der Waals surface area contributed by atoms with Crippen LogP contribution in [-0.2, 0) is 4.74 Å². The van der Waals surface area contributed by atoms with Crippen molar-refractivity contribution in [1.29, 1.82) is 5.26 Å². The molecule has 0 aromatic heterocycles. The average molecular weight is 270 g/mol. The maximum Gasteiger partial charge on any atom is 0.166 e. The maximum atomic E-state index is 12.6. The zero-order chi connectivity index (χ0) is 14.1. The van der Waals surface area contributed by atoms with E-state index >= 15 is 0 Å². The number of hydrogen-bond acceptors (Lipinski definition) is 4. The van der Waals surface area contributed by atoms with Gasteiger partial charge >= 0.3 is 0 Å². The fraction of sp³-hybridized carbons (Fsp3) is 0.500. The summed E-state index contributed by atoms with van der Waals surface area (Å²) in [5, 5.41) is 12.6. The number of rotatable bonds is 2. The van der Waals surface area contributed by atoms with Crippen LogP contribution in [0.4, 0.5) is 0 Å². The highest BCUT2D eigenvalue weighted by Crippen LogP contribution is 2.27. The quantitative estimate of drug-likeness (QED) is 0.833. The predicted molar refractivity (Wildman–Crippen MR) is 74.5 cm³/mol. The van der Waals surface area contributed by atoms with Crippen LogP contribution in [0.25, 0.3) is 0 Å². The number of benzene rings is 1. The lowest BCUT2D eigenvalue weighted by Crippen LogP contribution is -2.55. The number of carbonyl (C=O) groups is 1. The number of aryl methyl sites for hydroxylation is 1. The Morgan fingerprint density at radius 2 is 2.05 bits per heavy atom. The van der Waals surface area contributed by atoms with E-state index in [4.69, 9.17) is 10.00 Å². The highest BCUT2D eigenvalue weighted by Gasteiger charge is 2.35. The molecule has 20 heavy (non-hydrogen) atoms. The minimum atomic E-state index is 0.0457. The topological polar surface area (TPSA) is 62.1 Å². The molecule has 1 aromatic carbocycles. The molecule has 4 heteroatoms. The molecule has 2 aliphatic heterocycles. The van der Waals surface area contributed by atoms with E-state index in [-0.39, 0.29) is 23.8 Å². The summed E-state index contributed by atoms with van der Waals surface area (Å²) in [4.78, 5) is 12.6. The number of morpholine rings is 1. The first-order valence-corrected chi connectivity index (χ1v) is 7.06. The fourth-order valence-corrected chi connectivity index (χ4v) is 3.18. The number of Topliss-reactive ketones (excluding diaryl/α,β-unsaturated/α-hetero) is 1. The molecule has 0 saturated carbocycles. The zero-order valence-corrected chi connectivity index (χ0v) is 11.6. The van der Waals surface area contributed by atoms with Gasteiger partial charge in [-0.25, -0.2) is 0 Å². The number of nitrogens with one attached hydrogen (secondary N) is 1. The van der Waals surface area contributed by atoms with Crippen molar-refractivity contribution in [3.63, 3.8) is 0 Å². The molecule has 2 atom stereocenters. The van der Waals surface area contributed by atoms with E-state index in [9.17, 15) is 4.79 Å². The Morgan fingerprint density at radius 3 is 2.70 bits per heavy atom. The normalized spacial score (nSPS) is 28.7. The second kappa shape index (κ2) is 5.35. The lowest BCUT2D eigenvalue weighted by molar-refractivity contribution is 0.00953. The van der Waals surface area contributed by atoms with E-state index in [1.807, 2.05) is 19.1 Å². The van der Waals surface area contributed by atoms with Gasteiger partial charge in [0.1, 0.15) is 0 Å². The third kappa shape index (κ3) is 2.47. The van der Waals surface area contributed by atoms with Crippen molar-refractivity contribution >= 4 is 5.78 Å². The van der Waals surface area contributed by atoms with Gasteiger partial charge in [-0.15, -0.1) is 0 Å². The third-order valence-electron chi connectivity index (χ3n) is 4.26. The van der Waals surface area contributed by atoms with E-state index in [0.29, 0.717) is 24.3 Å². The Kier molecular flexibility index (Phi) is 3.56. The number of piperidine rings is 1. The summed E-state index contributed by atoms with van der Waals surface area (Å²) < 4.78 is 5.51. The van der Waals surface area contributed by atoms with Gasteiger partial charge in [-0.2, -0.15) is 5.26 Å². The van der Waals surface area contributed by atoms with E-state index in [0.717, 1.165) is 18.4 Å². The second-order valence-corrected chi connectivity index (χ2v) is 5.77. The number of carbonyl (C=O) groups excluding carboxylic acids is 1. The predicted octanol–water partition coefficient (Wildman–Crippen LogP) is 1.82. The lowest BCUT2D eigenvalue weighted by atomic mass is 9.82. The van der Waals surface area contributed by atoms with Crippen molar-refractivity contribution < 1.29 is 9.53 Å². The first kappa shape index (κ1) is 13.3. The van der Waals surface area contributed by atoms with Gasteiger partial charge < -0.3 is 10.1 Å². The summed E-state index contributed by atoms with van der Waals surface area (Å²) in [5.74, 6) is 0.212. The molecule has 2 bridgehead atoms. The van der Waals surface area contributed by atoms with Crippen molar-refractivity contribution in [2.45, 2.75) is 31.8 Å². The van der Waals surface area contributed by atoms with Crippen LogP contribution < -0.4 is 5.32 Å². The smallest absolute Gasteiger partial charge is 0.166 e.